The number of piperazine rings is 1. The number of halogens is 1. The third-order valence-corrected chi connectivity index (χ3v) is 6.68. The van der Waals surface area contributed by atoms with Crippen LogP contribution in [0.2, 0.25) is 0 Å². The zero-order valence-electron chi connectivity index (χ0n) is 12.6. The maximum Gasteiger partial charge on any atom is 0.244 e. The van der Waals surface area contributed by atoms with Gasteiger partial charge in [-0.2, -0.15) is 4.31 Å². The molecule has 1 heterocycles. The lowest BCUT2D eigenvalue weighted by Crippen LogP contribution is -2.53. The second kappa shape index (κ2) is 7.25. The van der Waals surface area contributed by atoms with Crippen molar-refractivity contribution in [3.63, 3.8) is 0 Å². The predicted octanol–water partition coefficient (Wildman–Crippen LogP) is 2.04. The summed E-state index contributed by atoms with van der Waals surface area (Å²) >= 11 is 8.65. The molecule has 1 N–H and O–H groups in total. The van der Waals surface area contributed by atoms with Gasteiger partial charge in [0.15, 0.2) is 5.11 Å². The Bertz CT molecular complexity index is 641. The van der Waals surface area contributed by atoms with E-state index < -0.39 is 10.0 Å². The number of sulfonamides is 1. The fourth-order valence-corrected chi connectivity index (χ4v) is 5.07. The van der Waals surface area contributed by atoms with Gasteiger partial charge >= 0.3 is 0 Å². The van der Waals surface area contributed by atoms with Crippen LogP contribution in [0.4, 0.5) is 0 Å². The maximum absolute atomic E-state index is 12.7. The molecule has 0 radical (unpaired) electrons. The smallest absolute Gasteiger partial charge is 0.244 e. The second-order valence-electron chi connectivity index (χ2n) is 5.43. The van der Waals surface area contributed by atoms with Gasteiger partial charge in [-0.1, -0.05) is 12.1 Å². The van der Waals surface area contributed by atoms with Crippen LogP contribution in [-0.4, -0.2) is 55.0 Å². The number of hydrogen-bond donors (Lipinski definition) is 1. The molecule has 0 saturated carbocycles. The zero-order chi connectivity index (χ0) is 16.3. The number of thiocarbonyl (C=S) groups is 1. The molecule has 8 heteroatoms. The minimum absolute atomic E-state index is 0.273. The van der Waals surface area contributed by atoms with Crippen LogP contribution in [0.5, 0.6) is 0 Å². The molecule has 0 bridgehead atoms. The first kappa shape index (κ1) is 17.7. The lowest BCUT2D eigenvalue weighted by molar-refractivity contribution is 0.263. The molecule has 1 fully saturated rings. The van der Waals surface area contributed by atoms with Crippen molar-refractivity contribution in [2.45, 2.75) is 24.8 Å². The topological polar surface area (TPSA) is 52.6 Å². The number of benzene rings is 1. The second-order valence-corrected chi connectivity index (χ2v) is 8.57. The van der Waals surface area contributed by atoms with Gasteiger partial charge < -0.3 is 10.2 Å². The molecule has 0 aliphatic carbocycles. The Morgan fingerprint density at radius 3 is 2.36 bits per heavy atom. The minimum atomic E-state index is -3.47. The van der Waals surface area contributed by atoms with Gasteiger partial charge in [0, 0.05) is 36.7 Å². The molecule has 0 amide bonds. The zero-order valence-corrected chi connectivity index (χ0v) is 15.8. The van der Waals surface area contributed by atoms with Crippen molar-refractivity contribution in [3.8, 4) is 0 Å². The van der Waals surface area contributed by atoms with Crippen LogP contribution in [0.1, 0.15) is 13.8 Å². The average Bonchev–Trinajstić information content (AvgIpc) is 2.47. The van der Waals surface area contributed by atoms with E-state index in [9.17, 15) is 8.42 Å². The molecule has 22 heavy (non-hydrogen) atoms. The maximum atomic E-state index is 12.7. The number of nitrogens with one attached hydrogen (secondary N) is 1. The summed E-state index contributed by atoms with van der Waals surface area (Å²) in [6.45, 7) is 6.12. The molecule has 0 spiro atoms. The van der Waals surface area contributed by atoms with E-state index in [-0.39, 0.29) is 6.04 Å². The lowest BCUT2D eigenvalue weighted by atomic mass is 10.3. The van der Waals surface area contributed by atoms with Crippen molar-refractivity contribution in [1.29, 1.82) is 0 Å². The minimum Gasteiger partial charge on any atom is -0.360 e. The van der Waals surface area contributed by atoms with E-state index in [1.54, 1.807) is 24.3 Å². The van der Waals surface area contributed by atoms with Crippen LogP contribution >= 0.6 is 28.1 Å². The van der Waals surface area contributed by atoms with Gasteiger partial charge in [-0.05, 0) is 54.1 Å². The van der Waals surface area contributed by atoms with Crippen molar-refractivity contribution in [2.75, 3.05) is 26.2 Å². The predicted molar refractivity (Wildman–Crippen MR) is 95.3 cm³/mol. The van der Waals surface area contributed by atoms with E-state index in [4.69, 9.17) is 12.2 Å². The summed E-state index contributed by atoms with van der Waals surface area (Å²) in [6.07, 6.45) is 0. The summed E-state index contributed by atoms with van der Waals surface area (Å²) in [4.78, 5) is 2.33. The van der Waals surface area contributed by atoms with Crippen LogP contribution in [0.25, 0.3) is 0 Å². The van der Waals surface area contributed by atoms with Crippen molar-refractivity contribution in [3.05, 3.63) is 28.7 Å². The largest absolute Gasteiger partial charge is 0.360 e. The quantitative estimate of drug-likeness (QED) is 0.779. The Morgan fingerprint density at radius 1 is 1.23 bits per heavy atom. The Hall–Kier alpha value is -0.700. The first-order valence-electron chi connectivity index (χ1n) is 7.12. The van der Waals surface area contributed by atoms with Crippen molar-refractivity contribution < 1.29 is 8.42 Å². The first-order chi connectivity index (χ1) is 10.3. The molecule has 0 aromatic heterocycles. The van der Waals surface area contributed by atoms with Crippen LogP contribution in [-0.2, 0) is 10.0 Å². The highest BCUT2D eigenvalue weighted by Crippen LogP contribution is 2.25. The number of rotatable bonds is 3. The Labute approximate surface area is 145 Å². The molecule has 2 rings (SSSR count). The fraction of sp³-hybridized carbons (Fsp3) is 0.500. The van der Waals surface area contributed by atoms with E-state index in [0.717, 1.165) is 0 Å². The fourth-order valence-electron chi connectivity index (χ4n) is 2.26. The van der Waals surface area contributed by atoms with Gasteiger partial charge in [-0.15, -0.1) is 0 Å². The Balaban J connectivity index is 2.05. The summed E-state index contributed by atoms with van der Waals surface area (Å²) in [6, 6.07) is 7.17. The van der Waals surface area contributed by atoms with Crippen LogP contribution in [0.3, 0.4) is 0 Å². The van der Waals surface area contributed by atoms with Gasteiger partial charge in [0.25, 0.3) is 0 Å². The van der Waals surface area contributed by atoms with Gasteiger partial charge in [0.1, 0.15) is 0 Å². The van der Waals surface area contributed by atoms with Crippen LogP contribution in [0.15, 0.2) is 33.6 Å². The van der Waals surface area contributed by atoms with E-state index in [1.807, 2.05) is 18.7 Å². The highest BCUT2D eigenvalue weighted by atomic mass is 79.9. The SMILES string of the molecule is CC(C)NC(=S)N1CCN(S(=O)(=O)c2ccccc2Br)CC1. The van der Waals surface area contributed by atoms with E-state index >= 15 is 0 Å². The van der Waals surface area contributed by atoms with E-state index in [2.05, 4.69) is 21.2 Å². The van der Waals surface area contributed by atoms with Gasteiger partial charge in [-0.3, -0.25) is 0 Å². The monoisotopic (exact) mass is 405 g/mol. The average molecular weight is 406 g/mol. The molecule has 0 unspecified atom stereocenters. The molecule has 1 aromatic rings. The number of nitrogens with zero attached hydrogens (tertiary/aromatic N) is 2. The summed E-state index contributed by atoms with van der Waals surface area (Å²) in [5.74, 6) is 0. The van der Waals surface area contributed by atoms with E-state index in [0.29, 0.717) is 40.7 Å². The normalized spacial score (nSPS) is 16.8. The highest BCUT2D eigenvalue weighted by molar-refractivity contribution is 9.10. The van der Waals surface area contributed by atoms with Crippen LogP contribution in [0, 0.1) is 0 Å². The molecule has 1 aromatic carbocycles. The highest BCUT2D eigenvalue weighted by Gasteiger charge is 2.30. The van der Waals surface area contributed by atoms with Gasteiger partial charge in [0.2, 0.25) is 10.0 Å². The molecule has 1 saturated heterocycles. The van der Waals surface area contributed by atoms with Crippen LogP contribution < -0.4 is 5.32 Å². The lowest BCUT2D eigenvalue weighted by Gasteiger charge is -2.36. The summed E-state index contributed by atoms with van der Waals surface area (Å²) in [7, 11) is -3.47. The van der Waals surface area contributed by atoms with Crippen molar-refractivity contribution in [2.24, 2.45) is 0 Å². The summed E-state index contributed by atoms with van der Waals surface area (Å²) in [5, 5.41) is 3.88. The summed E-state index contributed by atoms with van der Waals surface area (Å²) in [5.41, 5.74) is 0. The Morgan fingerprint density at radius 2 is 1.82 bits per heavy atom. The number of hydrogen-bond acceptors (Lipinski definition) is 3. The molecular weight excluding hydrogens is 386 g/mol. The summed E-state index contributed by atoms with van der Waals surface area (Å²) < 4.78 is 27.5. The standard InChI is InChI=1S/C14H20BrN3O2S2/c1-11(2)16-14(21)17-7-9-18(10-8-17)22(19,20)13-6-4-3-5-12(13)15/h3-6,11H,7-10H2,1-2H3,(H,16,21). The van der Waals surface area contributed by atoms with Gasteiger partial charge in [-0.25, -0.2) is 8.42 Å². The first-order valence-corrected chi connectivity index (χ1v) is 9.76. The molecule has 0 atom stereocenters. The molecule has 1 aliphatic heterocycles. The van der Waals surface area contributed by atoms with Crippen molar-refractivity contribution in [1.82, 2.24) is 14.5 Å². The molecule has 1 aliphatic rings. The Kier molecular flexibility index (Phi) is 5.81. The van der Waals surface area contributed by atoms with Gasteiger partial charge in [0.05, 0.1) is 4.90 Å². The third-order valence-electron chi connectivity index (χ3n) is 3.39. The molecule has 5 nitrogen and oxygen atoms in total. The molecule has 122 valence electrons. The molecular formula is C14H20BrN3O2S2. The van der Waals surface area contributed by atoms with Crippen molar-refractivity contribution >= 4 is 43.3 Å². The van der Waals surface area contributed by atoms with E-state index in [1.165, 1.54) is 4.31 Å². The third kappa shape index (κ3) is 3.98.